The van der Waals surface area contributed by atoms with E-state index in [9.17, 15) is 31.4 Å². The molecule has 27 heavy (non-hydrogen) atoms. The van der Waals surface area contributed by atoms with Gasteiger partial charge in [-0.25, -0.2) is 0 Å². The number of halogens is 6. The van der Waals surface area contributed by atoms with Gasteiger partial charge in [-0.3, -0.25) is 0 Å². The van der Waals surface area contributed by atoms with Gasteiger partial charge in [-0.1, -0.05) is 30.3 Å². The molecule has 0 radical (unpaired) electrons. The highest BCUT2D eigenvalue weighted by Crippen LogP contribution is 2.59. The van der Waals surface area contributed by atoms with Crippen LogP contribution in [-0.2, 0) is 9.47 Å². The van der Waals surface area contributed by atoms with Gasteiger partial charge < -0.3 is 14.6 Å². The van der Waals surface area contributed by atoms with Crippen LogP contribution in [0.25, 0.3) is 0 Å². The van der Waals surface area contributed by atoms with Crippen molar-refractivity contribution < 1.29 is 40.9 Å². The Morgan fingerprint density at radius 2 is 1.48 bits per heavy atom. The van der Waals surface area contributed by atoms with Gasteiger partial charge in [0.05, 0.1) is 12.2 Å². The third kappa shape index (κ3) is 2.94. The molecule has 3 fully saturated rings. The fourth-order valence-corrected chi connectivity index (χ4v) is 4.84. The second kappa shape index (κ2) is 6.09. The maximum atomic E-state index is 13.0. The number of hydrogen-bond donors (Lipinski definition) is 1. The Labute approximate surface area is 151 Å². The second-order valence-electron chi connectivity index (χ2n) is 7.66. The summed E-state index contributed by atoms with van der Waals surface area (Å²) in [5.74, 6) is -1.59. The van der Waals surface area contributed by atoms with Gasteiger partial charge in [-0.05, 0) is 37.0 Å². The highest BCUT2D eigenvalue weighted by molar-refractivity contribution is 5.18. The van der Waals surface area contributed by atoms with Crippen LogP contribution >= 0.6 is 0 Å². The lowest BCUT2D eigenvalue weighted by Gasteiger charge is -2.38. The van der Waals surface area contributed by atoms with Crippen LogP contribution in [0.3, 0.4) is 0 Å². The van der Waals surface area contributed by atoms with Gasteiger partial charge in [0.15, 0.2) is 6.29 Å². The molecule has 1 aromatic rings. The molecule has 6 atom stereocenters. The van der Waals surface area contributed by atoms with Crippen molar-refractivity contribution in [1.29, 1.82) is 0 Å². The Bertz CT molecular complexity index is 675. The van der Waals surface area contributed by atoms with Gasteiger partial charge in [0.2, 0.25) is 0 Å². The fraction of sp³-hybridized carbons (Fsp3) is 0.667. The summed E-state index contributed by atoms with van der Waals surface area (Å²) in [5, 5.41) is 9.52. The molecule has 3 nitrogen and oxygen atoms in total. The summed E-state index contributed by atoms with van der Waals surface area (Å²) < 4.78 is 89.9. The van der Waals surface area contributed by atoms with Crippen molar-refractivity contribution in [3.05, 3.63) is 35.9 Å². The summed E-state index contributed by atoms with van der Waals surface area (Å²) in [6, 6.07) is 8.98. The summed E-state index contributed by atoms with van der Waals surface area (Å²) in [4.78, 5) is 0. The number of ether oxygens (including phenoxy) is 2. The molecule has 0 amide bonds. The second-order valence-corrected chi connectivity index (χ2v) is 7.66. The molecule has 0 aromatic heterocycles. The minimum atomic E-state index is -5.79. The molecule has 2 bridgehead atoms. The summed E-state index contributed by atoms with van der Waals surface area (Å²) in [7, 11) is 0. The van der Waals surface area contributed by atoms with Crippen molar-refractivity contribution in [2.45, 2.75) is 55.7 Å². The zero-order valence-corrected chi connectivity index (χ0v) is 14.0. The zero-order chi connectivity index (χ0) is 19.6. The van der Waals surface area contributed by atoms with E-state index in [1.165, 1.54) is 0 Å². The molecule has 2 saturated carbocycles. The van der Waals surface area contributed by atoms with E-state index in [4.69, 9.17) is 9.47 Å². The van der Waals surface area contributed by atoms with Crippen LogP contribution in [0, 0.1) is 17.8 Å². The lowest BCUT2D eigenvalue weighted by molar-refractivity contribution is -0.373. The fourth-order valence-electron chi connectivity index (χ4n) is 4.84. The molecule has 2 aliphatic carbocycles. The van der Waals surface area contributed by atoms with Crippen molar-refractivity contribution >= 4 is 0 Å². The first-order valence-corrected chi connectivity index (χ1v) is 8.73. The molecule has 3 aliphatic rings. The van der Waals surface area contributed by atoms with Crippen LogP contribution in [0.5, 0.6) is 0 Å². The average molecular weight is 396 g/mol. The average Bonchev–Trinajstić information content (AvgIpc) is 3.24. The van der Waals surface area contributed by atoms with E-state index in [1.54, 1.807) is 24.3 Å². The molecule has 1 N–H and O–H groups in total. The Morgan fingerprint density at radius 3 is 2.07 bits per heavy atom. The summed E-state index contributed by atoms with van der Waals surface area (Å²) >= 11 is 0. The van der Waals surface area contributed by atoms with E-state index >= 15 is 0 Å². The predicted octanol–water partition coefficient (Wildman–Crippen LogP) is 4.37. The normalized spacial score (nSPS) is 36.3. The maximum absolute atomic E-state index is 13.0. The molecule has 150 valence electrons. The minimum Gasteiger partial charge on any atom is -0.374 e. The van der Waals surface area contributed by atoms with Gasteiger partial charge in [-0.15, -0.1) is 0 Å². The lowest BCUT2D eigenvalue weighted by atomic mass is 9.77. The van der Waals surface area contributed by atoms with Gasteiger partial charge in [-0.2, -0.15) is 26.3 Å². The number of aliphatic hydroxyl groups is 1. The molecule has 1 aliphatic heterocycles. The Balaban J connectivity index is 1.51. The zero-order valence-electron chi connectivity index (χ0n) is 14.0. The molecule has 0 unspecified atom stereocenters. The van der Waals surface area contributed by atoms with Crippen molar-refractivity contribution in [2.24, 2.45) is 17.8 Å². The number of hydrogen-bond acceptors (Lipinski definition) is 3. The van der Waals surface area contributed by atoms with Crippen molar-refractivity contribution in [3.8, 4) is 0 Å². The smallest absolute Gasteiger partial charge is 0.374 e. The summed E-state index contributed by atoms with van der Waals surface area (Å²) in [5.41, 5.74) is -3.95. The van der Waals surface area contributed by atoms with Crippen LogP contribution in [0.15, 0.2) is 30.3 Å². The third-order valence-electron chi connectivity index (χ3n) is 6.13. The molecular weight excluding hydrogens is 378 g/mol. The van der Waals surface area contributed by atoms with E-state index in [-0.39, 0.29) is 18.4 Å². The topological polar surface area (TPSA) is 38.7 Å². The van der Waals surface area contributed by atoms with Crippen LogP contribution < -0.4 is 0 Å². The Kier molecular flexibility index (Phi) is 4.29. The lowest BCUT2D eigenvalue weighted by Crippen LogP contribution is -2.58. The quantitative estimate of drug-likeness (QED) is 0.772. The Morgan fingerprint density at radius 1 is 0.889 bits per heavy atom. The molecule has 1 aromatic carbocycles. The molecule has 9 heteroatoms. The van der Waals surface area contributed by atoms with E-state index in [0.717, 1.165) is 5.56 Å². The van der Waals surface area contributed by atoms with E-state index < -0.39 is 48.6 Å². The third-order valence-corrected chi connectivity index (χ3v) is 6.13. The number of fused-ring (bicyclic) bond motifs is 5. The first-order chi connectivity index (χ1) is 12.5. The Hall–Kier alpha value is -1.32. The van der Waals surface area contributed by atoms with Crippen molar-refractivity contribution in [3.63, 3.8) is 0 Å². The van der Waals surface area contributed by atoms with Crippen LogP contribution in [0.4, 0.5) is 26.3 Å². The van der Waals surface area contributed by atoms with E-state index in [2.05, 4.69) is 0 Å². The largest absolute Gasteiger partial charge is 0.426 e. The van der Waals surface area contributed by atoms with Gasteiger partial charge in [0.25, 0.3) is 5.60 Å². The molecule has 1 saturated heterocycles. The number of rotatable bonds is 3. The molecule has 1 heterocycles. The van der Waals surface area contributed by atoms with Gasteiger partial charge >= 0.3 is 12.4 Å². The highest BCUT2D eigenvalue weighted by atomic mass is 19.4. The molecule has 0 spiro atoms. The predicted molar refractivity (Wildman–Crippen MR) is 80.3 cm³/mol. The standard InChI is InChI=1S/C18H18F6O3/c19-17(20,21)16(25,18(22,23)24)8-11-6-10-7-12(11)14-13(10)26-15(27-14)9-4-2-1-3-5-9/h1-5,10-15,25H,6-8H2/t10-,11-,12-,13+,14-,15+/m1/s1. The van der Waals surface area contributed by atoms with Gasteiger partial charge in [0, 0.05) is 5.56 Å². The minimum absolute atomic E-state index is 0.158. The van der Waals surface area contributed by atoms with Gasteiger partial charge in [0.1, 0.15) is 0 Å². The van der Waals surface area contributed by atoms with Crippen LogP contribution in [0.2, 0.25) is 0 Å². The van der Waals surface area contributed by atoms with E-state index in [1.807, 2.05) is 6.07 Å². The van der Waals surface area contributed by atoms with Crippen LogP contribution in [0.1, 0.15) is 31.1 Å². The van der Waals surface area contributed by atoms with Crippen molar-refractivity contribution in [1.82, 2.24) is 0 Å². The summed E-state index contributed by atoms with van der Waals surface area (Å²) in [6.45, 7) is 0. The van der Waals surface area contributed by atoms with Crippen molar-refractivity contribution in [2.75, 3.05) is 0 Å². The highest BCUT2D eigenvalue weighted by Gasteiger charge is 2.72. The van der Waals surface area contributed by atoms with E-state index in [0.29, 0.717) is 6.42 Å². The maximum Gasteiger partial charge on any atom is 0.426 e. The summed E-state index contributed by atoms with van der Waals surface area (Å²) in [6.07, 6.45) is -13.9. The number of benzene rings is 1. The monoisotopic (exact) mass is 396 g/mol. The van der Waals surface area contributed by atoms with Crippen LogP contribution in [-0.4, -0.2) is 35.3 Å². The molecular formula is C18H18F6O3. The first-order valence-electron chi connectivity index (χ1n) is 8.73. The SMILES string of the molecule is OC(C[C@H]1C[C@@H]2C[C@H]1[C@H]1O[C@@H](c3ccccc3)O[C@@H]21)(C(F)(F)F)C(F)(F)F. The first kappa shape index (κ1) is 19.0. The molecule has 4 rings (SSSR count). The number of alkyl halides is 6.